The monoisotopic (exact) mass is 464 g/mol. The molecule has 9 nitrogen and oxygen atoms in total. The summed E-state index contributed by atoms with van der Waals surface area (Å²) in [6.45, 7) is 4.03. The molecule has 164 valence electrons. The van der Waals surface area contributed by atoms with E-state index in [9.17, 15) is 17.6 Å². The molecule has 0 spiro atoms. The summed E-state index contributed by atoms with van der Waals surface area (Å²) in [7, 11) is -3.69. The second-order valence-electron chi connectivity index (χ2n) is 7.37. The zero-order valence-corrected chi connectivity index (χ0v) is 18.6. The largest absolute Gasteiger partial charge is 0.320 e. The second kappa shape index (κ2) is 8.44. The molecule has 2 N–H and O–H groups in total. The smallest absolute Gasteiger partial charge is 0.286 e. The molecular formula is C19H21FN6O3S2. The number of aryl methyl sites for hydroxylation is 2. The summed E-state index contributed by atoms with van der Waals surface area (Å²) in [5.74, 6) is -0.991. The van der Waals surface area contributed by atoms with E-state index in [0.29, 0.717) is 35.0 Å². The molecule has 0 saturated carbocycles. The number of aromatic nitrogens is 4. The van der Waals surface area contributed by atoms with Gasteiger partial charge in [-0.15, -0.1) is 10.2 Å². The van der Waals surface area contributed by atoms with Crippen LogP contribution in [0.2, 0.25) is 0 Å². The second-order valence-corrected chi connectivity index (χ2v) is 10.3. The molecule has 1 atom stereocenters. The molecule has 3 heterocycles. The van der Waals surface area contributed by atoms with Crippen LogP contribution >= 0.6 is 11.3 Å². The highest BCUT2D eigenvalue weighted by molar-refractivity contribution is 7.89. The maximum Gasteiger partial charge on any atom is 0.286 e. The third-order valence-electron chi connectivity index (χ3n) is 5.13. The van der Waals surface area contributed by atoms with Gasteiger partial charge in [0.05, 0.1) is 11.4 Å². The number of hydrogen-bond acceptors (Lipinski definition) is 7. The maximum atomic E-state index is 13.1. The van der Waals surface area contributed by atoms with Crippen LogP contribution in [0.5, 0.6) is 0 Å². The minimum atomic E-state index is -3.69. The van der Waals surface area contributed by atoms with Crippen molar-refractivity contribution in [3.05, 3.63) is 51.5 Å². The summed E-state index contributed by atoms with van der Waals surface area (Å²) >= 11 is 1.14. The summed E-state index contributed by atoms with van der Waals surface area (Å²) in [5, 5.41) is 18.3. The number of sulfonamides is 1. The van der Waals surface area contributed by atoms with Gasteiger partial charge in [0.15, 0.2) is 0 Å². The van der Waals surface area contributed by atoms with E-state index in [1.54, 1.807) is 13.8 Å². The number of amides is 1. The van der Waals surface area contributed by atoms with E-state index >= 15 is 0 Å². The third kappa shape index (κ3) is 4.36. The van der Waals surface area contributed by atoms with E-state index < -0.39 is 21.7 Å². The van der Waals surface area contributed by atoms with Gasteiger partial charge < -0.3 is 5.32 Å². The lowest BCUT2D eigenvalue weighted by Gasteiger charge is -2.30. The number of nitrogens with one attached hydrogen (secondary N) is 2. The van der Waals surface area contributed by atoms with Crippen LogP contribution in [0.1, 0.15) is 45.0 Å². The van der Waals surface area contributed by atoms with Gasteiger partial charge in [0.2, 0.25) is 15.0 Å². The first-order valence-electron chi connectivity index (χ1n) is 9.67. The minimum Gasteiger partial charge on any atom is -0.320 e. The van der Waals surface area contributed by atoms with Crippen molar-refractivity contribution in [1.29, 1.82) is 0 Å². The van der Waals surface area contributed by atoms with Crippen LogP contribution in [0.3, 0.4) is 0 Å². The minimum absolute atomic E-state index is 0.152. The number of nitrogens with zero attached hydrogens (tertiary/aromatic N) is 4. The molecule has 1 aromatic carbocycles. The van der Waals surface area contributed by atoms with Crippen LogP contribution in [-0.2, 0) is 10.0 Å². The molecule has 2 aromatic heterocycles. The first-order chi connectivity index (χ1) is 14.8. The van der Waals surface area contributed by atoms with E-state index in [1.165, 1.54) is 28.6 Å². The predicted molar refractivity (Wildman–Crippen MR) is 113 cm³/mol. The average Bonchev–Trinajstić information content (AvgIpc) is 3.37. The summed E-state index contributed by atoms with van der Waals surface area (Å²) in [4.78, 5) is 12.6. The van der Waals surface area contributed by atoms with Crippen LogP contribution in [0.4, 0.5) is 10.1 Å². The fourth-order valence-corrected chi connectivity index (χ4v) is 6.34. The van der Waals surface area contributed by atoms with Crippen LogP contribution in [-0.4, -0.2) is 52.1 Å². The average molecular weight is 465 g/mol. The molecule has 0 radical (unpaired) electrons. The normalized spacial score (nSPS) is 17.6. The van der Waals surface area contributed by atoms with Crippen molar-refractivity contribution in [3.63, 3.8) is 0 Å². The lowest BCUT2D eigenvalue weighted by Crippen LogP contribution is -2.39. The highest BCUT2D eigenvalue weighted by Crippen LogP contribution is 2.33. The van der Waals surface area contributed by atoms with Gasteiger partial charge >= 0.3 is 0 Å². The maximum absolute atomic E-state index is 13.1. The number of hydrogen-bond donors (Lipinski definition) is 2. The molecule has 0 bridgehead atoms. The molecule has 1 fully saturated rings. The number of anilines is 1. The lowest BCUT2D eigenvalue weighted by atomic mass is 10.0. The van der Waals surface area contributed by atoms with E-state index in [0.717, 1.165) is 17.8 Å². The first-order valence-corrected chi connectivity index (χ1v) is 11.9. The van der Waals surface area contributed by atoms with Crippen molar-refractivity contribution >= 4 is 33.0 Å². The van der Waals surface area contributed by atoms with E-state index in [4.69, 9.17) is 0 Å². The van der Waals surface area contributed by atoms with Gasteiger partial charge in [-0.2, -0.15) is 9.40 Å². The van der Waals surface area contributed by atoms with Crippen molar-refractivity contribution in [2.45, 2.75) is 37.5 Å². The third-order valence-corrected chi connectivity index (χ3v) is 8.34. The summed E-state index contributed by atoms with van der Waals surface area (Å²) in [5.41, 5.74) is 1.40. The highest BCUT2D eigenvalue weighted by Gasteiger charge is 2.35. The zero-order chi connectivity index (χ0) is 22.2. The van der Waals surface area contributed by atoms with E-state index in [1.807, 2.05) is 0 Å². The van der Waals surface area contributed by atoms with Crippen LogP contribution in [0, 0.1) is 19.7 Å². The Bertz CT molecular complexity index is 1190. The number of halogens is 1. The molecule has 31 heavy (non-hydrogen) atoms. The van der Waals surface area contributed by atoms with Gasteiger partial charge in [-0.3, -0.25) is 9.89 Å². The quantitative estimate of drug-likeness (QED) is 0.599. The SMILES string of the molecule is Cc1n[nH]c(C)c1S(=O)(=O)N1CCCC(c2nnc(C(=O)Nc3ccc(F)cc3)s2)C1. The predicted octanol–water partition coefficient (Wildman–Crippen LogP) is 2.84. The number of benzene rings is 1. The molecule has 3 aromatic rings. The standard InChI is InChI=1S/C19H21FN6O3S2/c1-11-16(12(2)23-22-11)31(28,29)26-9-3-4-13(10-26)18-24-25-19(30-18)17(27)21-15-7-5-14(20)6-8-15/h5-8,13H,3-4,9-10H2,1-2H3,(H,21,27)(H,22,23). The first kappa shape index (κ1) is 21.5. The Labute approximate surface area is 182 Å². The molecule has 12 heteroatoms. The molecule has 4 rings (SSSR count). The van der Waals surface area contributed by atoms with Crippen molar-refractivity contribution in [2.75, 3.05) is 18.4 Å². The van der Waals surface area contributed by atoms with Crippen molar-refractivity contribution in [2.24, 2.45) is 0 Å². The Balaban J connectivity index is 1.49. The summed E-state index contributed by atoms with van der Waals surface area (Å²) in [6.07, 6.45) is 1.43. The summed E-state index contributed by atoms with van der Waals surface area (Å²) in [6, 6.07) is 5.42. The summed E-state index contributed by atoms with van der Waals surface area (Å²) < 4.78 is 40.8. The topological polar surface area (TPSA) is 121 Å². The molecule has 1 unspecified atom stereocenters. The number of carbonyl (C=O) groups excluding carboxylic acids is 1. The zero-order valence-electron chi connectivity index (χ0n) is 16.9. The van der Waals surface area contributed by atoms with Gasteiger partial charge in [-0.05, 0) is 51.0 Å². The molecule has 1 amide bonds. The lowest BCUT2D eigenvalue weighted by molar-refractivity contribution is 0.102. The van der Waals surface area contributed by atoms with Gasteiger partial charge in [0.25, 0.3) is 5.91 Å². The Morgan fingerprint density at radius 2 is 2.00 bits per heavy atom. The number of carbonyl (C=O) groups is 1. The highest BCUT2D eigenvalue weighted by atomic mass is 32.2. The van der Waals surface area contributed by atoms with E-state index in [-0.39, 0.29) is 22.4 Å². The molecule has 1 saturated heterocycles. The Kier molecular flexibility index (Phi) is 5.86. The van der Waals surface area contributed by atoms with Crippen LogP contribution in [0.15, 0.2) is 29.2 Å². The molecule has 1 aliphatic rings. The Morgan fingerprint density at radius 1 is 1.26 bits per heavy atom. The van der Waals surface area contributed by atoms with E-state index in [2.05, 4.69) is 25.7 Å². The van der Waals surface area contributed by atoms with Gasteiger partial charge in [0.1, 0.15) is 15.7 Å². The molecule has 0 aliphatic carbocycles. The van der Waals surface area contributed by atoms with Crippen molar-refractivity contribution in [1.82, 2.24) is 24.7 Å². The van der Waals surface area contributed by atoms with Gasteiger partial charge in [0, 0.05) is 24.7 Å². The number of rotatable bonds is 5. The molecular weight excluding hydrogens is 443 g/mol. The van der Waals surface area contributed by atoms with Crippen LogP contribution < -0.4 is 5.32 Å². The number of piperidine rings is 1. The van der Waals surface area contributed by atoms with Gasteiger partial charge in [-0.25, -0.2) is 12.8 Å². The number of aromatic amines is 1. The molecule has 1 aliphatic heterocycles. The van der Waals surface area contributed by atoms with Crippen LogP contribution in [0.25, 0.3) is 0 Å². The number of H-pyrrole nitrogens is 1. The van der Waals surface area contributed by atoms with Gasteiger partial charge in [-0.1, -0.05) is 11.3 Å². The fraction of sp³-hybridized carbons (Fsp3) is 0.368. The Hall–Kier alpha value is -2.70. The fourth-order valence-electron chi connectivity index (χ4n) is 3.62. The van der Waals surface area contributed by atoms with Crippen molar-refractivity contribution < 1.29 is 17.6 Å². The Morgan fingerprint density at radius 3 is 2.68 bits per heavy atom. The van der Waals surface area contributed by atoms with Crippen molar-refractivity contribution in [3.8, 4) is 0 Å².